The van der Waals surface area contributed by atoms with Gasteiger partial charge in [0.1, 0.15) is 10.6 Å². The summed E-state index contributed by atoms with van der Waals surface area (Å²) in [6, 6.07) is 10.4. The minimum Gasteiger partial charge on any atom is -0.320 e. The second-order valence-electron chi connectivity index (χ2n) is 6.87. The lowest BCUT2D eigenvalue weighted by Crippen LogP contribution is -2.49. The van der Waals surface area contributed by atoms with Crippen molar-refractivity contribution < 1.29 is 18.1 Å². The zero-order valence-electron chi connectivity index (χ0n) is 16.3. The van der Waals surface area contributed by atoms with Gasteiger partial charge in [0.2, 0.25) is 15.9 Å². The van der Waals surface area contributed by atoms with Crippen molar-refractivity contribution in [1.29, 1.82) is 0 Å². The molecule has 31 heavy (non-hydrogen) atoms. The second-order valence-corrected chi connectivity index (χ2v) is 9.56. The first-order chi connectivity index (χ1) is 14.7. The molecule has 2 aromatic carbocycles. The normalized spacial score (nSPS) is 15.5. The number of para-hydroxylation sites is 2. The molecule has 1 heterocycles. The van der Waals surface area contributed by atoms with E-state index in [0.29, 0.717) is 19.6 Å². The predicted molar refractivity (Wildman–Crippen MR) is 118 cm³/mol. The predicted octanol–water partition coefficient (Wildman–Crippen LogP) is 3.24. The van der Waals surface area contributed by atoms with Crippen LogP contribution in [0.15, 0.2) is 47.4 Å². The zero-order valence-corrected chi connectivity index (χ0v) is 18.7. The van der Waals surface area contributed by atoms with Gasteiger partial charge in [0.15, 0.2) is 0 Å². The summed E-state index contributed by atoms with van der Waals surface area (Å²) in [6.07, 6.45) is 0.124. The summed E-state index contributed by atoms with van der Waals surface area (Å²) in [5.41, 5.74) is -0.0267. The summed E-state index contributed by atoms with van der Waals surface area (Å²) in [6.45, 7) is 1.78. The van der Waals surface area contributed by atoms with E-state index < -0.39 is 14.9 Å². The number of nitro groups is 1. The summed E-state index contributed by atoms with van der Waals surface area (Å²) in [5, 5.41) is 13.8. The van der Waals surface area contributed by atoms with Crippen LogP contribution in [0.3, 0.4) is 0 Å². The van der Waals surface area contributed by atoms with Gasteiger partial charge in [-0.3, -0.25) is 14.9 Å². The lowest BCUT2D eigenvalue weighted by Gasteiger charge is -2.34. The summed E-state index contributed by atoms with van der Waals surface area (Å²) in [7, 11) is -3.78. The quantitative estimate of drug-likeness (QED) is 0.474. The molecule has 12 heteroatoms. The summed E-state index contributed by atoms with van der Waals surface area (Å²) < 4.78 is 27.1. The van der Waals surface area contributed by atoms with Crippen LogP contribution >= 0.6 is 23.2 Å². The number of nitrogens with zero attached hydrogens (tertiary/aromatic N) is 3. The van der Waals surface area contributed by atoms with Gasteiger partial charge in [0.25, 0.3) is 5.69 Å². The summed E-state index contributed by atoms with van der Waals surface area (Å²) in [4.78, 5) is 24.6. The number of hydrogen-bond acceptors (Lipinski definition) is 6. The van der Waals surface area contributed by atoms with Crippen LogP contribution in [0.5, 0.6) is 0 Å². The van der Waals surface area contributed by atoms with Crippen LogP contribution < -0.4 is 5.32 Å². The van der Waals surface area contributed by atoms with Crippen LogP contribution in [0.25, 0.3) is 0 Å². The lowest BCUT2D eigenvalue weighted by molar-refractivity contribution is -0.383. The molecule has 1 aliphatic heterocycles. The first kappa shape index (κ1) is 23.4. The monoisotopic (exact) mass is 486 g/mol. The molecule has 1 N–H and O–H groups in total. The number of sulfonamides is 1. The van der Waals surface area contributed by atoms with Crippen LogP contribution in [-0.2, 0) is 14.8 Å². The van der Waals surface area contributed by atoms with Crippen molar-refractivity contribution in [2.24, 2.45) is 0 Å². The van der Waals surface area contributed by atoms with Gasteiger partial charge in [0.05, 0.1) is 15.0 Å². The molecule has 0 unspecified atom stereocenters. The number of carbonyl (C=O) groups excluding carboxylic acids is 1. The molecule has 0 aliphatic carbocycles. The molecular weight excluding hydrogens is 467 g/mol. The van der Waals surface area contributed by atoms with E-state index in [1.807, 2.05) is 4.90 Å². The van der Waals surface area contributed by atoms with Gasteiger partial charge in [-0.1, -0.05) is 41.4 Å². The number of hydrogen-bond donors (Lipinski definition) is 1. The molecule has 0 aromatic heterocycles. The van der Waals surface area contributed by atoms with Gasteiger partial charge in [-0.05, 0) is 18.2 Å². The number of rotatable bonds is 7. The zero-order chi connectivity index (χ0) is 22.6. The highest BCUT2D eigenvalue weighted by Crippen LogP contribution is 2.31. The van der Waals surface area contributed by atoms with Crippen molar-refractivity contribution in [1.82, 2.24) is 9.21 Å². The van der Waals surface area contributed by atoms with Gasteiger partial charge >= 0.3 is 0 Å². The second kappa shape index (κ2) is 9.92. The number of amides is 1. The number of nitrogens with one attached hydrogen (secondary N) is 1. The first-order valence-corrected chi connectivity index (χ1v) is 11.6. The number of carbonyl (C=O) groups is 1. The van der Waals surface area contributed by atoms with E-state index in [1.54, 1.807) is 6.07 Å². The van der Waals surface area contributed by atoms with Crippen LogP contribution in [-0.4, -0.2) is 61.2 Å². The smallest absolute Gasteiger partial charge is 0.292 e. The maximum absolute atomic E-state index is 12.9. The molecule has 1 aliphatic rings. The highest BCUT2D eigenvalue weighted by Gasteiger charge is 2.30. The Hall–Kier alpha value is -2.24. The minimum atomic E-state index is -3.78. The van der Waals surface area contributed by atoms with E-state index in [-0.39, 0.29) is 51.7 Å². The van der Waals surface area contributed by atoms with Crippen LogP contribution in [0.2, 0.25) is 10.0 Å². The molecule has 0 atom stereocenters. The molecule has 1 amide bonds. The molecule has 1 fully saturated rings. The molecule has 0 bridgehead atoms. The third-order valence-electron chi connectivity index (χ3n) is 4.90. The molecule has 0 saturated carbocycles. The van der Waals surface area contributed by atoms with Crippen molar-refractivity contribution in [3.63, 3.8) is 0 Å². The van der Waals surface area contributed by atoms with Crippen molar-refractivity contribution in [3.05, 3.63) is 62.6 Å². The maximum Gasteiger partial charge on any atom is 0.292 e. The van der Waals surface area contributed by atoms with Crippen molar-refractivity contribution in [2.75, 3.05) is 38.0 Å². The minimum absolute atomic E-state index is 0.00160. The van der Waals surface area contributed by atoms with Gasteiger partial charge in [-0.2, -0.15) is 4.31 Å². The molecule has 1 saturated heterocycles. The fourth-order valence-electron chi connectivity index (χ4n) is 3.23. The number of nitro benzene ring substituents is 1. The molecule has 3 rings (SSSR count). The largest absolute Gasteiger partial charge is 0.320 e. The molecule has 0 spiro atoms. The van der Waals surface area contributed by atoms with Crippen LogP contribution in [0.1, 0.15) is 6.42 Å². The third kappa shape index (κ3) is 5.52. The average molecular weight is 487 g/mol. The Morgan fingerprint density at radius 3 is 2.42 bits per heavy atom. The maximum atomic E-state index is 12.9. The molecule has 0 radical (unpaired) electrons. The van der Waals surface area contributed by atoms with E-state index in [4.69, 9.17) is 23.2 Å². The Morgan fingerprint density at radius 1 is 1.06 bits per heavy atom. The summed E-state index contributed by atoms with van der Waals surface area (Å²) >= 11 is 12.0. The standard InChI is InChI=1S/C19H20Cl2N4O5S/c20-14-4-3-7-17(19(14)21)31(29,30)24-12-10-23(11-13-24)9-8-18(26)22-15-5-1-2-6-16(15)25(27)28/h1-7H,8-13H2,(H,22,26). The fraction of sp³-hybridized carbons (Fsp3) is 0.316. The van der Waals surface area contributed by atoms with Crippen molar-refractivity contribution >= 4 is 50.5 Å². The van der Waals surface area contributed by atoms with Crippen molar-refractivity contribution in [3.8, 4) is 0 Å². The summed E-state index contributed by atoms with van der Waals surface area (Å²) in [5.74, 6) is -0.352. The van der Waals surface area contributed by atoms with Crippen LogP contribution in [0, 0.1) is 10.1 Å². The van der Waals surface area contributed by atoms with Gasteiger partial charge < -0.3 is 10.2 Å². The van der Waals surface area contributed by atoms with Crippen molar-refractivity contribution in [2.45, 2.75) is 11.3 Å². The number of piperazine rings is 1. The fourth-order valence-corrected chi connectivity index (χ4v) is 5.38. The first-order valence-electron chi connectivity index (χ1n) is 9.40. The third-order valence-corrected chi connectivity index (χ3v) is 7.77. The van der Waals surface area contributed by atoms with E-state index >= 15 is 0 Å². The van der Waals surface area contributed by atoms with E-state index in [0.717, 1.165) is 0 Å². The number of anilines is 1. The van der Waals surface area contributed by atoms with E-state index in [2.05, 4.69) is 5.32 Å². The molecule has 9 nitrogen and oxygen atoms in total. The number of benzene rings is 2. The Labute approximate surface area is 189 Å². The van der Waals surface area contributed by atoms with Gasteiger partial charge in [-0.15, -0.1) is 0 Å². The Morgan fingerprint density at radius 2 is 1.74 bits per heavy atom. The average Bonchev–Trinajstić information content (AvgIpc) is 2.74. The van der Waals surface area contributed by atoms with Gasteiger partial charge in [0, 0.05) is 45.2 Å². The lowest BCUT2D eigenvalue weighted by atomic mass is 10.2. The SMILES string of the molecule is O=C(CCN1CCN(S(=O)(=O)c2cccc(Cl)c2Cl)CC1)Nc1ccccc1[N+](=O)[O-]. The van der Waals surface area contributed by atoms with Gasteiger partial charge in [-0.25, -0.2) is 8.42 Å². The van der Waals surface area contributed by atoms with E-state index in [1.165, 1.54) is 40.7 Å². The van der Waals surface area contributed by atoms with Crippen LogP contribution in [0.4, 0.5) is 11.4 Å². The molecule has 2 aromatic rings. The van der Waals surface area contributed by atoms with E-state index in [9.17, 15) is 23.3 Å². The Balaban J connectivity index is 1.53. The highest BCUT2D eigenvalue weighted by atomic mass is 35.5. The topological polar surface area (TPSA) is 113 Å². The Bertz CT molecular complexity index is 1090. The number of halogens is 2. The molecular formula is C19H20Cl2N4O5S. The Kier molecular flexibility index (Phi) is 7.50. The molecule has 166 valence electrons. The highest BCUT2D eigenvalue weighted by molar-refractivity contribution is 7.89.